The molecule has 0 amide bonds. The van der Waals surface area contributed by atoms with Crippen LogP contribution in [0.1, 0.15) is 40.8 Å². The van der Waals surface area contributed by atoms with E-state index >= 15 is 0 Å². The van der Waals surface area contributed by atoms with E-state index in [4.69, 9.17) is 16.6 Å². The normalized spacial score (nSPS) is 15.4. The smallest absolute Gasteiger partial charge is 0.185 e. The Kier molecular flexibility index (Phi) is 6.42. The minimum absolute atomic E-state index is 0.246. The summed E-state index contributed by atoms with van der Waals surface area (Å²) in [5.41, 5.74) is 6.30. The fourth-order valence-electron chi connectivity index (χ4n) is 4.41. The summed E-state index contributed by atoms with van der Waals surface area (Å²) < 4.78 is 26.1. The zero-order valence-electron chi connectivity index (χ0n) is 18.1. The molecule has 0 aliphatic carbocycles. The van der Waals surface area contributed by atoms with E-state index in [0.29, 0.717) is 31.0 Å². The van der Waals surface area contributed by atoms with E-state index in [9.17, 15) is 8.42 Å². The van der Waals surface area contributed by atoms with Gasteiger partial charge in [0.2, 0.25) is 0 Å². The molecule has 4 nitrogen and oxygen atoms in total. The van der Waals surface area contributed by atoms with Crippen molar-refractivity contribution in [2.75, 3.05) is 18.0 Å². The summed E-state index contributed by atoms with van der Waals surface area (Å²) in [5, 5.41) is 3.00. The Balaban J connectivity index is 1.44. The quantitative estimate of drug-likeness (QED) is 0.472. The minimum atomic E-state index is -3.42. The lowest BCUT2D eigenvalue weighted by molar-refractivity contribution is 0.529. The van der Waals surface area contributed by atoms with Gasteiger partial charge in [-0.1, -0.05) is 41.4 Å². The van der Waals surface area contributed by atoms with Crippen LogP contribution in [0.3, 0.4) is 0 Å². The van der Waals surface area contributed by atoms with E-state index < -0.39 is 15.1 Å². The van der Waals surface area contributed by atoms with Gasteiger partial charge in [0, 0.05) is 24.9 Å². The van der Waals surface area contributed by atoms with Gasteiger partial charge in [-0.15, -0.1) is 11.3 Å². The van der Waals surface area contributed by atoms with Gasteiger partial charge in [0.1, 0.15) is 0 Å². The highest BCUT2D eigenvalue weighted by molar-refractivity contribution is 7.92. The van der Waals surface area contributed by atoms with E-state index in [2.05, 4.69) is 43.2 Å². The van der Waals surface area contributed by atoms with E-state index in [1.807, 2.05) is 0 Å². The first-order valence-corrected chi connectivity index (χ1v) is 13.3. The standard InChI is InChI=1S/C24H27ClN2O2S2/c1-16-12-17(2)21(18(3)13-16)14-19-15-30-24(26-19)27-10-8-20(9-11-27)31(28,29)23-7-5-4-6-22(23)25/h4-7,12-13,15,20H,8-11,14H2,1-3H3. The highest BCUT2D eigenvalue weighted by atomic mass is 35.5. The zero-order chi connectivity index (χ0) is 22.2. The van der Waals surface area contributed by atoms with Crippen LogP contribution in [0.15, 0.2) is 46.7 Å². The molecule has 0 atom stereocenters. The number of benzene rings is 2. The van der Waals surface area contributed by atoms with Crippen molar-refractivity contribution in [2.24, 2.45) is 0 Å². The van der Waals surface area contributed by atoms with Gasteiger partial charge < -0.3 is 4.90 Å². The monoisotopic (exact) mass is 474 g/mol. The number of sulfone groups is 1. The lowest BCUT2D eigenvalue weighted by atomic mass is 9.96. The van der Waals surface area contributed by atoms with Gasteiger partial charge in [-0.3, -0.25) is 0 Å². The molecule has 4 rings (SSSR count). The van der Waals surface area contributed by atoms with Crippen LogP contribution in [0.4, 0.5) is 5.13 Å². The summed E-state index contributed by atoms with van der Waals surface area (Å²) in [7, 11) is -3.42. The number of hydrogen-bond donors (Lipinski definition) is 0. The second-order valence-electron chi connectivity index (χ2n) is 8.34. The molecule has 2 heterocycles. The van der Waals surface area contributed by atoms with Gasteiger partial charge >= 0.3 is 0 Å². The molecule has 1 aromatic heterocycles. The highest BCUT2D eigenvalue weighted by Gasteiger charge is 2.33. The van der Waals surface area contributed by atoms with Crippen molar-refractivity contribution < 1.29 is 8.42 Å². The van der Waals surface area contributed by atoms with Crippen LogP contribution < -0.4 is 4.90 Å². The van der Waals surface area contributed by atoms with Crippen LogP contribution in [0, 0.1) is 20.8 Å². The van der Waals surface area contributed by atoms with E-state index in [1.165, 1.54) is 22.3 Å². The maximum absolute atomic E-state index is 13.0. The fraction of sp³-hybridized carbons (Fsp3) is 0.375. The zero-order valence-corrected chi connectivity index (χ0v) is 20.4. The second-order valence-corrected chi connectivity index (χ2v) is 11.8. The molecule has 0 spiro atoms. The number of nitrogens with zero attached hydrogens (tertiary/aromatic N) is 2. The third kappa shape index (κ3) is 4.66. The van der Waals surface area contributed by atoms with Gasteiger partial charge in [-0.2, -0.15) is 0 Å². The van der Waals surface area contributed by atoms with Crippen molar-refractivity contribution in [3.8, 4) is 0 Å². The van der Waals surface area contributed by atoms with Crippen molar-refractivity contribution in [2.45, 2.75) is 50.2 Å². The van der Waals surface area contributed by atoms with Gasteiger partial charge in [-0.05, 0) is 62.4 Å². The first-order valence-electron chi connectivity index (χ1n) is 10.5. The molecule has 164 valence electrons. The Hall–Kier alpha value is -1.89. The lowest BCUT2D eigenvalue weighted by Gasteiger charge is -2.31. The fourth-order valence-corrected chi connectivity index (χ4v) is 7.54. The molecule has 0 bridgehead atoms. The molecule has 0 N–H and O–H groups in total. The Labute approximate surface area is 193 Å². The third-order valence-electron chi connectivity index (χ3n) is 6.03. The van der Waals surface area contributed by atoms with Crippen molar-refractivity contribution >= 4 is 37.9 Å². The number of rotatable bonds is 5. The predicted molar refractivity (Wildman–Crippen MR) is 129 cm³/mol. The van der Waals surface area contributed by atoms with Gasteiger partial charge in [0.15, 0.2) is 15.0 Å². The van der Waals surface area contributed by atoms with Crippen molar-refractivity contribution in [3.05, 3.63) is 74.7 Å². The number of hydrogen-bond acceptors (Lipinski definition) is 5. The SMILES string of the molecule is Cc1cc(C)c(Cc2csc(N3CCC(S(=O)(=O)c4ccccc4Cl)CC3)n2)c(C)c1. The Bertz CT molecular complexity index is 1170. The number of piperidine rings is 1. The molecular formula is C24H27ClN2O2S2. The molecule has 1 aliphatic rings. The molecule has 1 fully saturated rings. The molecule has 0 saturated carbocycles. The van der Waals surface area contributed by atoms with E-state index in [0.717, 1.165) is 17.2 Å². The Morgan fingerprint density at radius 3 is 2.39 bits per heavy atom. The van der Waals surface area contributed by atoms with Crippen LogP contribution in [-0.4, -0.2) is 31.7 Å². The number of thiazole rings is 1. The van der Waals surface area contributed by atoms with Crippen molar-refractivity contribution in [1.29, 1.82) is 0 Å². The first-order chi connectivity index (χ1) is 14.8. The van der Waals surface area contributed by atoms with Crippen molar-refractivity contribution in [1.82, 2.24) is 4.98 Å². The van der Waals surface area contributed by atoms with Crippen LogP contribution in [0.25, 0.3) is 0 Å². The summed E-state index contributed by atoms with van der Waals surface area (Å²) >= 11 is 7.80. The molecular weight excluding hydrogens is 448 g/mol. The second kappa shape index (κ2) is 8.93. The molecule has 2 aromatic carbocycles. The summed E-state index contributed by atoms with van der Waals surface area (Å²) in [5.74, 6) is 0. The van der Waals surface area contributed by atoms with Gasteiger partial charge in [0.05, 0.1) is 20.9 Å². The molecule has 31 heavy (non-hydrogen) atoms. The Morgan fingerprint density at radius 1 is 1.10 bits per heavy atom. The molecule has 7 heteroatoms. The maximum atomic E-state index is 13.0. The highest BCUT2D eigenvalue weighted by Crippen LogP contribution is 2.32. The van der Waals surface area contributed by atoms with Crippen LogP contribution in [0.5, 0.6) is 0 Å². The first kappa shape index (κ1) is 22.3. The van der Waals surface area contributed by atoms with E-state index in [-0.39, 0.29) is 4.90 Å². The number of aryl methyl sites for hydroxylation is 3. The van der Waals surface area contributed by atoms with Crippen LogP contribution in [-0.2, 0) is 16.3 Å². The minimum Gasteiger partial charge on any atom is -0.348 e. The van der Waals surface area contributed by atoms with Crippen molar-refractivity contribution in [3.63, 3.8) is 0 Å². The largest absolute Gasteiger partial charge is 0.348 e. The van der Waals surface area contributed by atoms with E-state index in [1.54, 1.807) is 35.6 Å². The molecule has 0 unspecified atom stereocenters. The molecule has 1 saturated heterocycles. The average molecular weight is 475 g/mol. The number of anilines is 1. The Morgan fingerprint density at radius 2 is 1.74 bits per heavy atom. The van der Waals surface area contributed by atoms with Gasteiger partial charge in [-0.25, -0.2) is 13.4 Å². The summed E-state index contributed by atoms with van der Waals surface area (Å²) in [6.45, 7) is 7.81. The number of halogens is 1. The summed E-state index contributed by atoms with van der Waals surface area (Å²) in [6.07, 6.45) is 1.99. The molecule has 1 aliphatic heterocycles. The molecule has 3 aromatic rings. The lowest BCUT2D eigenvalue weighted by Crippen LogP contribution is -2.39. The summed E-state index contributed by atoms with van der Waals surface area (Å²) in [6, 6.07) is 11.2. The molecule has 0 radical (unpaired) electrons. The predicted octanol–water partition coefficient (Wildman–Crippen LogP) is 5.76. The van der Waals surface area contributed by atoms with Gasteiger partial charge in [0.25, 0.3) is 0 Å². The van der Waals surface area contributed by atoms with Crippen LogP contribution in [0.2, 0.25) is 5.02 Å². The maximum Gasteiger partial charge on any atom is 0.185 e. The summed E-state index contributed by atoms with van der Waals surface area (Å²) in [4.78, 5) is 7.32. The third-order valence-corrected chi connectivity index (χ3v) is 9.74. The van der Waals surface area contributed by atoms with Crippen LogP contribution >= 0.6 is 22.9 Å². The average Bonchev–Trinajstić information content (AvgIpc) is 3.20. The number of aromatic nitrogens is 1. The topological polar surface area (TPSA) is 50.3 Å².